The van der Waals surface area contributed by atoms with Crippen molar-refractivity contribution in [3.05, 3.63) is 0 Å². The zero-order valence-corrected chi connectivity index (χ0v) is 10.2. The fraction of sp³-hybridized carbons (Fsp3) is 1.00. The van der Waals surface area contributed by atoms with Gasteiger partial charge in [-0.1, -0.05) is 46.1 Å². The monoisotopic (exact) mass is 172 g/mol. The molecule has 0 aromatic heterocycles. The van der Waals surface area contributed by atoms with Crippen LogP contribution in [-0.4, -0.2) is 15.2 Å². The minimum atomic E-state index is -0.767. The summed E-state index contributed by atoms with van der Waals surface area (Å²) in [5, 5.41) is 0.753. The Kier molecular flexibility index (Phi) is 1.52. The molecule has 0 nitrogen and oxygen atoms in total. The summed E-state index contributed by atoms with van der Waals surface area (Å²) >= 11 is 0. The Labute approximate surface area is 66.8 Å². The molecule has 1 fully saturated rings. The zero-order chi connectivity index (χ0) is 8.21. The van der Waals surface area contributed by atoms with Gasteiger partial charge in [-0.3, -0.25) is 0 Å². The molecule has 0 spiro atoms. The van der Waals surface area contributed by atoms with Crippen LogP contribution in [0.4, 0.5) is 0 Å². The number of hydrogen-bond donors (Lipinski definition) is 0. The van der Waals surface area contributed by atoms with Crippen LogP contribution in [0.5, 0.6) is 0 Å². The van der Waals surface area contributed by atoms with E-state index in [0.29, 0.717) is 0 Å². The van der Waals surface area contributed by atoms with E-state index in [0.717, 1.165) is 5.04 Å². The second kappa shape index (κ2) is 1.78. The molecule has 0 unspecified atom stereocenters. The molecule has 0 aromatic carbocycles. The van der Waals surface area contributed by atoms with Crippen LogP contribution in [0.15, 0.2) is 0 Å². The van der Waals surface area contributed by atoms with Gasteiger partial charge in [0.1, 0.15) is 0 Å². The summed E-state index contributed by atoms with van der Waals surface area (Å²) in [6.07, 6.45) is 0. The van der Waals surface area contributed by atoms with Gasteiger partial charge in [0.15, 0.2) is 0 Å². The molecule has 1 saturated heterocycles. The molecule has 0 aromatic rings. The first-order valence-electron chi connectivity index (χ1n) is 4.21. The van der Waals surface area contributed by atoms with E-state index in [4.69, 9.17) is 0 Å². The molecule has 10 heavy (non-hydrogen) atoms. The molecule has 0 atom stereocenters. The minimum Gasteiger partial charge on any atom is -0.0712 e. The predicted molar refractivity (Wildman–Crippen MR) is 53.8 cm³/mol. The molecule has 0 saturated carbocycles. The SMILES string of the molecule is CC1(C)C[Si](C)(C)[Si]1(C)C. The molecule has 1 aliphatic rings. The quantitative estimate of drug-likeness (QED) is 0.492. The molecule has 0 amide bonds. The van der Waals surface area contributed by atoms with Gasteiger partial charge in [0.05, 0.1) is 0 Å². The van der Waals surface area contributed by atoms with E-state index in [1.807, 2.05) is 0 Å². The highest BCUT2D eigenvalue weighted by molar-refractivity contribution is 7.46. The fourth-order valence-electron chi connectivity index (χ4n) is 2.36. The average Bonchev–Trinajstić information content (AvgIpc) is 1.61. The molecule has 1 rings (SSSR count). The summed E-state index contributed by atoms with van der Waals surface area (Å²) in [5.74, 6) is 0. The maximum absolute atomic E-state index is 2.59. The van der Waals surface area contributed by atoms with E-state index in [1.54, 1.807) is 6.04 Å². The van der Waals surface area contributed by atoms with Gasteiger partial charge in [-0.15, -0.1) is 0 Å². The molecule has 0 bridgehead atoms. The minimum absolute atomic E-state index is 0.675. The lowest BCUT2D eigenvalue weighted by Gasteiger charge is -2.62. The summed E-state index contributed by atoms with van der Waals surface area (Å²) in [7, 11) is -1.44. The van der Waals surface area contributed by atoms with E-state index in [2.05, 4.69) is 40.0 Å². The summed E-state index contributed by atoms with van der Waals surface area (Å²) < 4.78 is 0. The topological polar surface area (TPSA) is 0 Å². The molecule has 1 heterocycles. The van der Waals surface area contributed by atoms with Crippen LogP contribution >= 0.6 is 0 Å². The molecule has 0 N–H and O–H groups in total. The van der Waals surface area contributed by atoms with Crippen LogP contribution in [0.25, 0.3) is 0 Å². The Morgan fingerprint density at radius 2 is 1.40 bits per heavy atom. The number of hydrogen-bond acceptors (Lipinski definition) is 0. The smallest absolute Gasteiger partial charge is 0.0465 e. The molecule has 1 aliphatic heterocycles. The third-order valence-electron chi connectivity index (χ3n) is 4.27. The van der Waals surface area contributed by atoms with Gasteiger partial charge in [0.2, 0.25) is 0 Å². The molecule has 0 radical (unpaired) electrons. The van der Waals surface area contributed by atoms with Gasteiger partial charge in [-0.05, 0) is 5.04 Å². The van der Waals surface area contributed by atoms with E-state index in [9.17, 15) is 0 Å². The summed E-state index contributed by atoms with van der Waals surface area (Å²) in [4.78, 5) is 0. The highest BCUT2D eigenvalue weighted by atomic mass is 29.3. The van der Waals surface area contributed by atoms with Crippen molar-refractivity contribution in [1.82, 2.24) is 0 Å². The molecular formula is C8H20Si2. The maximum atomic E-state index is 2.59. The fourth-order valence-corrected chi connectivity index (χ4v) is 17.0. The normalized spacial score (nSPS) is 33.0. The average molecular weight is 172 g/mol. The zero-order valence-electron chi connectivity index (χ0n) is 8.21. The van der Waals surface area contributed by atoms with Crippen molar-refractivity contribution in [3.63, 3.8) is 0 Å². The Morgan fingerprint density at radius 1 is 1.00 bits per heavy atom. The van der Waals surface area contributed by atoms with Crippen molar-refractivity contribution in [2.24, 2.45) is 0 Å². The second-order valence-corrected chi connectivity index (χ2v) is 22.1. The maximum Gasteiger partial charge on any atom is 0.0465 e. The van der Waals surface area contributed by atoms with Crippen molar-refractivity contribution >= 4 is 15.2 Å². The Bertz CT molecular complexity index is 141. The second-order valence-electron chi connectivity index (χ2n) is 5.57. The number of rotatable bonds is 0. The van der Waals surface area contributed by atoms with Gasteiger partial charge < -0.3 is 0 Å². The van der Waals surface area contributed by atoms with E-state index in [-0.39, 0.29) is 0 Å². The summed E-state index contributed by atoms with van der Waals surface area (Å²) in [6.45, 7) is 15.3. The van der Waals surface area contributed by atoms with Gasteiger partial charge in [0.25, 0.3) is 0 Å². The van der Waals surface area contributed by atoms with Gasteiger partial charge in [-0.2, -0.15) is 0 Å². The predicted octanol–water partition coefficient (Wildman–Crippen LogP) is 3.28. The third kappa shape index (κ3) is 0.781. The van der Waals surface area contributed by atoms with Gasteiger partial charge in [0, 0.05) is 15.2 Å². The van der Waals surface area contributed by atoms with Crippen molar-refractivity contribution in [2.75, 3.05) is 0 Å². The first-order valence-corrected chi connectivity index (χ1v) is 11.4. The lowest BCUT2D eigenvalue weighted by atomic mass is 10.2. The van der Waals surface area contributed by atoms with Crippen LogP contribution in [-0.2, 0) is 0 Å². The molecule has 60 valence electrons. The van der Waals surface area contributed by atoms with Crippen molar-refractivity contribution < 1.29 is 0 Å². The van der Waals surface area contributed by atoms with Crippen LogP contribution in [0, 0.1) is 0 Å². The first-order chi connectivity index (χ1) is 4.21. The summed E-state index contributed by atoms with van der Waals surface area (Å²) in [5.41, 5.74) is 0. The van der Waals surface area contributed by atoms with Crippen molar-refractivity contribution in [3.8, 4) is 0 Å². The molecule has 2 heteroatoms. The highest BCUT2D eigenvalue weighted by Crippen LogP contribution is 2.59. The van der Waals surface area contributed by atoms with Crippen molar-refractivity contribution in [2.45, 2.75) is 51.1 Å². The summed E-state index contributed by atoms with van der Waals surface area (Å²) in [6, 6.07) is 1.57. The lowest BCUT2D eigenvalue weighted by molar-refractivity contribution is 0.686. The van der Waals surface area contributed by atoms with Crippen LogP contribution < -0.4 is 0 Å². The van der Waals surface area contributed by atoms with E-state index in [1.165, 1.54) is 0 Å². The standard InChI is InChI=1S/C8H20Si2/c1-8(2)7-9(3,4)10(8,5)6/h7H2,1-6H3. The Balaban J connectivity index is 2.85. The highest BCUT2D eigenvalue weighted by Gasteiger charge is 2.61. The van der Waals surface area contributed by atoms with Crippen LogP contribution in [0.1, 0.15) is 13.8 Å². The Hall–Kier alpha value is 0.434. The van der Waals surface area contributed by atoms with E-state index >= 15 is 0 Å². The van der Waals surface area contributed by atoms with Gasteiger partial charge in [-0.25, -0.2) is 0 Å². The van der Waals surface area contributed by atoms with E-state index < -0.39 is 15.2 Å². The van der Waals surface area contributed by atoms with Crippen molar-refractivity contribution in [1.29, 1.82) is 0 Å². The Morgan fingerprint density at radius 3 is 1.40 bits per heavy atom. The van der Waals surface area contributed by atoms with Crippen LogP contribution in [0.3, 0.4) is 0 Å². The van der Waals surface area contributed by atoms with Gasteiger partial charge >= 0.3 is 0 Å². The lowest BCUT2D eigenvalue weighted by Crippen LogP contribution is -2.71. The first kappa shape index (κ1) is 8.53. The third-order valence-corrected chi connectivity index (χ3v) is 26.0. The molecule has 0 aliphatic carbocycles. The largest absolute Gasteiger partial charge is 0.0712 e. The molecular weight excluding hydrogens is 152 g/mol. The van der Waals surface area contributed by atoms with Crippen LogP contribution in [0.2, 0.25) is 37.3 Å².